The SMILES string of the molecule is CC(C)(C)c1ccc(-c2cc(CCOc3ccc(F)c(C(N)=O)c3F)no2)cc1. The molecule has 0 fully saturated rings. The number of hydrogen-bond donors (Lipinski definition) is 1. The van der Waals surface area contributed by atoms with Gasteiger partial charge in [0.1, 0.15) is 11.4 Å². The monoisotopic (exact) mass is 400 g/mol. The van der Waals surface area contributed by atoms with Crippen molar-refractivity contribution in [3.8, 4) is 17.1 Å². The van der Waals surface area contributed by atoms with Gasteiger partial charge in [-0.15, -0.1) is 0 Å². The maximum atomic E-state index is 14.2. The molecule has 0 saturated heterocycles. The Bertz CT molecular complexity index is 1020. The number of nitrogens with two attached hydrogens (primary N) is 1. The first kappa shape index (κ1) is 20.5. The highest BCUT2D eigenvalue weighted by molar-refractivity contribution is 5.93. The van der Waals surface area contributed by atoms with Gasteiger partial charge in [0, 0.05) is 18.1 Å². The maximum absolute atomic E-state index is 14.2. The third-order valence-electron chi connectivity index (χ3n) is 4.51. The predicted octanol–water partition coefficient (Wildman–Crippen LogP) is 4.64. The number of halogens is 2. The average Bonchev–Trinajstić information content (AvgIpc) is 3.12. The highest BCUT2D eigenvalue weighted by atomic mass is 19.1. The van der Waals surface area contributed by atoms with Gasteiger partial charge in [0.25, 0.3) is 5.91 Å². The molecule has 0 aliphatic heterocycles. The quantitative estimate of drug-likeness (QED) is 0.654. The summed E-state index contributed by atoms with van der Waals surface area (Å²) in [5.74, 6) is -2.96. The van der Waals surface area contributed by atoms with Crippen LogP contribution in [0.3, 0.4) is 0 Å². The van der Waals surface area contributed by atoms with Gasteiger partial charge in [0.05, 0.1) is 12.3 Å². The van der Waals surface area contributed by atoms with E-state index >= 15 is 0 Å². The normalized spacial score (nSPS) is 11.5. The largest absolute Gasteiger partial charge is 0.490 e. The fourth-order valence-corrected chi connectivity index (χ4v) is 2.84. The molecule has 2 aromatic carbocycles. The molecule has 0 spiro atoms. The Hall–Kier alpha value is -3.22. The van der Waals surface area contributed by atoms with Gasteiger partial charge in [-0.2, -0.15) is 0 Å². The molecule has 0 radical (unpaired) electrons. The molecule has 0 unspecified atom stereocenters. The second-order valence-corrected chi connectivity index (χ2v) is 7.71. The Kier molecular flexibility index (Phi) is 5.68. The molecule has 0 aliphatic rings. The fourth-order valence-electron chi connectivity index (χ4n) is 2.84. The van der Waals surface area contributed by atoms with E-state index in [4.69, 9.17) is 15.0 Å². The second kappa shape index (κ2) is 8.03. The Morgan fingerprint density at radius 1 is 1.14 bits per heavy atom. The molecular weight excluding hydrogens is 378 g/mol. The summed E-state index contributed by atoms with van der Waals surface area (Å²) in [6.07, 6.45) is 0.340. The summed E-state index contributed by atoms with van der Waals surface area (Å²) < 4.78 is 38.4. The summed E-state index contributed by atoms with van der Waals surface area (Å²) in [5.41, 5.74) is 6.98. The van der Waals surface area contributed by atoms with E-state index in [2.05, 4.69) is 25.9 Å². The van der Waals surface area contributed by atoms with Crippen LogP contribution >= 0.6 is 0 Å². The molecular formula is C22H22F2N2O3. The van der Waals surface area contributed by atoms with Crippen molar-refractivity contribution in [1.29, 1.82) is 0 Å². The molecule has 3 rings (SSSR count). The van der Waals surface area contributed by atoms with Crippen LogP contribution in [-0.4, -0.2) is 17.7 Å². The van der Waals surface area contributed by atoms with Gasteiger partial charge in [-0.3, -0.25) is 4.79 Å². The van der Waals surface area contributed by atoms with Crippen molar-refractivity contribution in [3.05, 3.63) is 70.9 Å². The molecule has 0 aliphatic carbocycles. The third-order valence-corrected chi connectivity index (χ3v) is 4.51. The van der Waals surface area contributed by atoms with Crippen LogP contribution in [0.15, 0.2) is 47.0 Å². The molecule has 7 heteroatoms. The van der Waals surface area contributed by atoms with E-state index in [0.29, 0.717) is 17.9 Å². The highest BCUT2D eigenvalue weighted by Gasteiger charge is 2.19. The number of rotatable bonds is 6. The summed E-state index contributed by atoms with van der Waals surface area (Å²) in [4.78, 5) is 11.2. The van der Waals surface area contributed by atoms with Gasteiger partial charge in [0.15, 0.2) is 17.3 Å². The molecule has 1 aromatic heterocycles. The summed E-state index contributed by atoms with van der Waals surface area (Å²) in [6.45, 7) is 6.50. The van der Waals surface area contributed by atoms with Crippen molar-refractivity contribution < 1.29 is 22.8 Å². The molecule has 0 bridgehead atoms. The van der Waals surface area contributed by atoms with Gasteiger partial charge < -0.3 is 15.0 Å². The predicted molar refractivity (Wildman–Crippen MR) is 105 cm³/mol. The van der Waals surface area contributed by atoms with E-state index < -0.39 is 23.1 Å². The second-order valence-electron chi connectivity index (χ2n) is 7.71. The number of carbonyl (C=O) groups excluding carboxylic acids is 1. The maximum Gasteiger partial charge on any atom is 0.254 e. The lowest BCUT2D eigenvalue weighted by Crippen LogP contribution is -2.16. The number of nitrogens with zero attached hydrogens (tertiary/aromatic N) is 1. The fraction of sp³-hybridized carbons (Fsp3) is 0.273. The highest BCUT2D eigenvalue weighted by Crippen LogP contribution is 2.27. The van der Waals surface area contributed by atoms with Crippen LogP contribution in [0.25, 0.3) is 11.3 Å². The molecule has 0 saturated carbocycles. The first-order valence-electron chi connectivity index (χ1n) is 9.14. The smallest absolute Gasteiger partial charge is 0.254 e. The van der Waals surface area contributed by atoms with Crippen molar-refractivity contribution in [1.82, 2.24) is 5.16 Å². The van der Waals surface area contributed by atoms with Crippen LogP contribution in [0.2, 0.25) is 0 Å². The van der Waals surface area contributed by atoms with Crippen molar-refractivity contribution in [3.63, 3.8) is 0 Å². The number of benzene rings is 2. The van der Waals surface area contributed by atoms with Crippen LogP contribution in [-0.2, 0) is 11.8 Å². The van der Waals surface area contributed by atoms with Crippen molar-refractivity contribution in [2.45, 2.75) is 32.6 Å². The van der Waals surface area contributed by atoms with Crippen LogP contribution in [0.1, 0.15) is 42.4 Å². The summed E-state index contributed by atoms with van der Waals surface area (Å²) in [5, 5.41) is 3.99. The molecule has 2 N–H and O–H groups in total. The van der Waals surface area contributed by atoms with Gasteiger partial charge in [-0.05, 0) is 23.1 Å². The summed E-state index contributed by atoms with van der Waals surface area (Å²) in [6, 6.07) is 11.9. The zero-order valence-electron chi connectivity index (χ0n) is 16.5. The molecule has 1 amide bonds. The lowest BCUT2D eigenvalue weighted by Gasteiger charge is -2.18. The third kappa shape index (κ3) is 4.62. The van der Waals surface area contributed by atoms with Gasteiger partial charge in [0.2, 0.25) is 0 Å². The molecule has 152 valence electrons. The lowest BCUT2D eigenvalue weighted by atomic mass is 9.86. The van der Waals surface area contributed by atoms with Gasteiger partial charge >= 0.3 is 0 Å². The zero-order valence-corrected chi connectivity index (χ0v) is 16.5. The number of primary amides is 1. The summed E-state index contributed by atoms with van der Waals surface area (Å²) >= 11 is 0. The standard InChI is InChI=1S/C22H22F2N2O3/c1-22(2,3)14-6-4-13(5-7-14)18-12-15(26-29-18)10-11-28-17-9-8-16(23)19(20(17)24)21(25)27/h4-9,12H,10-11H2,1-3H3,(H2,25,27). The van der Waals surface area contributed by atoms with E-state index in [1.807, 2.05) is 24.3 Å². The van der Waals surface area contributed by atoms with Crippen molar-refractivity contribution in [2.24, 2.45) is 5.73 Å². The van der Waals surface area contributed by atoms with Gasteiger partial charge in [-0.1, -0.05) is 50.2 Å². The number of hydrogen-bond acceptors (Lipinski definition) is 4. The van der Waals surface area contributed by atoms with E-state index in [9.17, 15) is 13.6 Å². The number of ether oxygens (including phenoxy) is 1. The molecule has 5 nitrogen and oxygen atoms in total. The molecule has 0 atom stereocenters. The van der Waals surface area contributed by atoms with E-state index in [0.717, 1.165) is 17.7 Å². The van der Waals surface area contributed by atoms with Crippen molar-refractivity contribution >= 4 is 5.91 Å². The molecule has 29 heavy (non-hydrogen) atoms. The minimum Gasteiger partial charge on any atom is -0.490 e. The number of aromatic nitrogens is 1. The number of carbonyl (C=O) groups is 1. The first-order chi connectivity index (χ1) is 13.7. The topological polar surface area (TPSA) is 78.4 Å². The van der Waals surface area contributed by atoms with E-state index in [-0.39, 0.29) is 17.8 Å². The number of amides is 1. The van der Waals surface area contributed by atoms with Crippen LogP contribution in [0, 0.1) is 11.6 Å². The van der Waals surface area contributed by atoms with Crippen LogP contribution in [0.5, 0.6) is 5.75 Å². The molecule has 3 aromatic rings. The van der Waals surface area contributed by atoms with E-state index in [1.165, 1.54) is 5.56 Å². The Balaban J connectivity index is 1.65. The van der Waals surface area contributed by atoms with E-state index in [1.54, 1.807) is 6.07 Å². The van der Waals surface area contributed by atoms with Crippen LogP contribution < -0.4 is 10.5 Å². The Morgan fingerprint density at radius 2 is 1.83 bits per heavy atom. The lowest BCUT2D eigenvalue weighted by molar-refractivity contribution is 0.0991. The Labute approximate surface area is 167 Å². The average molecular weight is 400 g/mol. The van der Waals surface area contributed by atoms with Crippen LogP contribution in [0.4, 0.5) is 8.78 Å². The molecule has 1 heterocycles. The Morgan fingerprint density at radius 3 is 2.45 bits per heavy atom. The zero-order chi connectivity index (χ0) is 21.2. The van der Waals surface area contributed by atoms with Crippen molar-refractivity contribution in [2.75, 3.05) is 6.61 Å². The first-order valence-corrected chi connectivity index (χ1v) is 9.14. The van der Waals surface area contributed by atoms with Gasteiger partial charge in [-0.25, -0.2) is 8.78 Å². The summed E-state index contributed by atoms with van der Waals surface area (Å²) in [7, 11) is 0. The minimum absolute atomic E-state index is 0.0620. The minimum atomic E-state index is -1.19.